The van der Waals surface area contributed by atoms with E-state index in [4.69, 9.17) is 14.6 Å². The second kappa shape index (κ2) is 9.87. The molecule has 2 aromatic rings. The molecular formula is C26H28O9. The first-order valence-electron chi connectivity index (χ1n) is 11.4. The number of hydrogen-bond acceptors (Lipinski definition) is 8. The lowest BCUT2D eigenvalue weighted by atomic mass is 9.88. The molecule has 0 bridgehead atoms. The maximum absolute atomic E-state index is 13.0. The number of Topliss-reactive ketones (excluding diaryl/α,β-unsaturated/α-hetero) is 2. The van der Waals surface area contributed by atoms with Crippen molar-refractivity contribution in [1.29, 1.82) is 0 Å². The van der Waals surface area contributed by atoms with Crippen LogP contribution < -0.4 is 4.74 Å². The van der Waals surface area contributed by atoms with Crippen LogP contribution in [0.15, 0.2) is 48.5 Å². The summed E-state index contributed by atoms with van der Waals surface area (Å²) in [5.41, 5.74) is 1.73. The molecule has 35 heavy (non-hydrogen) atoms. The number of aliphatic carboxylic acids is 1. The monoisotopic (exact) mass is 484 g/mol. The lowest BCUT2D eigenvalue weighted by molar-refractivity contribution is -0.271. The van der Waals surface area contributed by atoms with Crippen molar-refractivity contribution in [2.24, 2.45) is 5.41 Å². The summed E-state index contributed by atoms with van der Waals surface area (Å²) in [6.07, 6.45) is -7.12. The standard InChI is InChI=1S/C26H28O9/c1-14-2-4-15(5-3-14)12-18(27)26(10-11-26)19(28)13-16-6-8-17(9-7-16)34-25-22(31)20(29)21(30)23(35-25)24(32)33/h2-9,20-23,25,29-31H,10-13H2,1H3,(H,32,33). The zero-order valence-electron chi connectivity index (χ0n) is 19.2. The Hall–Kier alpha value is -3.11. The molecule has 0 spiro atoms. The molecule has 186 valence electrons. The summed E-state index contributed by atoms with van der Waals surface area (Å²) < 4.78 is 10.6. The minimum atomic E-state index is -1.81. The molecule has 0 radical (unpaired) electrons. The molecule has 9 heteroatoms. The predicted octanol–water partition coefficient (Wildman–Crippen LogP) is 0.970. The number of rotatable bonds is 9. The van der Waals surface area contributed by atoms with Gasteiger partial charge in [-0.3, -0.25) is 9.59 Å². The van der Waals surface area contributed by atoms with Gasteiger partial charge in [-0.05, 0) is 43.0 Å². The zero-order chi connectivity index (χ0) is 25.3. The first-order chi connectivity index (χ1) is 16.6. The zero-order valence-corrected chi connectivity index (χ0v) is 19.2. The minimum Gasteiger partial charge on any atom is -0.479 e. The van der Waals surface area contributed by atoms with E-state index in [0.29, 0.717) is 18.4 Å². The molecule has 4 N–H and O–H groups in total. The van der Waals surface area contributed by atoms with Crippen molar-refractivity contribution in [3.05, 3.63) is 65.2 Å². The Balaban J connectivity index is 1.36. The van der Waals surface area contributed by atoms with Crippen molar-refractivity contribution in [3.63, 3.8) is 0 Å². The van der Waals surface area contributed by atoms with E-state index in [1.54, 1.807) is 12.1 Å². The number of carboxylic acids is 1. The second-order valence-corrected chi connectivity index (χ2v) is 9.26. The van der Waals surface area contributed by atoms with Gasteiger partial charge in [-0.2, -0.15) is 0 Å². The molecule has 1 aliphatic carbocycles. The Labute approximate surface area is 201 Å². The van der Waals surface area contributed by atoms with Crippen LogP contribution >= 0.6 is 0 Å². The van der Waals surface area contributed by atoms with Gasteiger partial charge >= 0.3 is 5.97 Å². The number of carbonyl (C=O) groups is 3. The number of aryl methyl sites for hydroxylation is 1. The topological polar surface area (TPSA) is 151 Å². The van der Waals surface area contributed by atoms with Crippen LogP contribution in [0.25, 0.3) is 0 Å². The van der Waals surface area contributed by atoms with E-state index < -0.39 is 42.1 Å². The van der Waals surface area contributed by atoms with Crippen molar-refractivity contribution in [1.82, 2.24) is 0 Å². The van der Waals surface area contributed by atoms with Crippen LogP contribution in [-0.4, -0.2) is 68.7 Å². The van der Waals surface area contributed by atoms with E-state index in [0.717, 1.165) is 11.1 Å². The molecule has 1 saturated heterocycles. The van der Waals surface area contributed by atoms with E-state index in [2.05, 4.69) is 0 Å². The Morgan fingerprint density at radius 3 is 1.86 bits per heavy atom. The molecule has 9 nitrogen and oxygen atoms in total. The van der Waals surface area contributed by atoms with Crippen molar-refractivity contribution in [3.8, 4) is 5.75 Å². The van der Waals surface area contributed by atoms with Crippen LogP contribution in [0.1, 0.15) is 29.5 Å². The lowest BCUT2D eigenvalue weighted by Gasteiger charge is -2.38. The highest BCUT2D eigenvalue weighted by Crippen LogP contribution is 2.48. The highest BCUT2D eigenvalue weighted by Gasteiger charge is 2.54. The van der Waals surface area contributed by atoms with E-state index in [9.17, 15) is 29.7 Å². The van der Waals surface area contributed by atoms with Gasteiger partial charge in [-0.15, -0.1) is 0 Å². The molecule has 1 saturated carbocycles. The molecular weight excluding hydrogens is 456 g/mol. The number of carboxylic acid groups (broad SMARTS) is 1. The maximum atomic E-state index is 13.0. The van der Waals surface area contributed by atoms with Gasteiger partial charge in [-0.25, -0.2) is 4.79 Å². The first-order valence-corrected chi connectivity index (χ1v) is 11.4. The molecule has 4 rings (SSSR count). The Morgan fingerprint density at radius 2 is 1.37 bits per heavy atom. The first kappa shape index (κ1) is 25.0. The third kappa shape index (κ3) is 5.28. The summed E-state index contributed by atoms with van der Waals surface area (Å²) in [5.74, 6) is -1.49. The van der Waals surface area contributed by atoms with Crippen LogP contribution in [0.5, 0.6) is 5.75 Å². The third-order valence-electron chi connectivity index (χ3n) is 6.66. The fraction of sp³-hybridized carbons (Fsp3) is 0.423. The van der Waals surface area contributed by atoms with Crippen molar-refractivity contribution in [2.75, 3.05) is 0 Å². The van der Waals surface area contributed by atoms with E-state index in [-0.39, 0.29) is 30.2 Å². The molecule has 1 heterocycles. The largest absolute Gasteiger partial charge is 0.479 e. The van der Waals surface area contributed by atoms with E-state index in [1.165, 1.54) is 12.1 Å². The van der Waals surface area contributed by atoms with Crippen molar-refractivity contribution < 1.29 is 44.3 Å². The number of benzene rings is 2. The summed E-state index contributed by atoms with van der Waals surface area (Å²) in [7, 11) is 0. The lowest BCUT2D eigenvalue weighted by Crippen LogP contribution is -2.61. The van der Waals surface area contributed by atoms with Crippen LogP contribution in [0.2, 0.25) is 0 Å². The van der Waals surface area contributed by atoms with Gasteiger partial charge in [0.1, 0.15) is 24.1 Å². The van der Waals surface area contributed by atoms with Crippen LogP contribution in [0, 0.1) is 12.3 Å². The molecule has 0 amide bonds. The fourth-order valence-electron chi connectivity index (χ4n) is 4.22. The molecule has 2 aliphatic rings. The van der Waals surface area contributed by atoms with Gasteiger partial charge in [0.2, 0.25) is 6.29 Å². The molecule has 1 aliphatic heterocycles. The number of ether oxygens (including phenoxy) is 2. The van der Waals surface area contributed by atoms with Crippen LogP contribution in [-0.2, 0) is 32.0 Å². The maximum Gasteiger partial charge on any atom is 0.335 e. The Bertz CT molecular complexity index is 1090. The third-order valence-corrected chi connectivity index (χ3v) is 6.66. The summed E-state index contributed by atoms with van der Waals surface area (Å²) in [6.45, 7) is 1.97. The quantitative estimate of drug-likeness (QED) is 0.382. The fourth-order valence-corrected chi connectivity index (χ4v) is 4.22. The van der Waals surface area contributed by atoms with Gasteiger partial charge < -0.3 is 29.9 Å². The highest BCUT2D eigenvalue weighted by molar-refractivity contribution is 6.10. The second-order valence-electron chi connectivity index (χ2n) is 9.26. The van der Waals surface area contributed by atoms with Gasteiger partial charge in [0.05, 0.1) is 5.41 Å². The minimum absolute atomic E-state index is 0.0662. The summed E-state index contributed by atoms with van der Waals surface area (Å²) >= 11 is 0. The van der Waals surface area contributed by atoms with Crippen LogP contribution in [0.4, 0.5) is 0 Å². The molecule has 2 fully saturated rings. The average Bonchev–Trinajstić information content (AvgIpc) is 3.64. The molecule has 2 aromatic carbocycles. The SMILES string of the molecule is Cc1ccc(CC(=O)C2(C(=O)Cc3ccc(OC4OC(C(=O)O)C(O)C(O)C4O)cc3)CC2)cc1. The predicted molar refractivity (Wildman–Crippen MR) is 122 cm³/mol. The number of aliphatic hydroxyl groups is 3. The number of carbonyl (C=O) groups excluding carboxylic acids is 2. The Morgan fingerprint density at radius 1 is 0.857 bits per heavy atom. The number of aliphatic hydroxyl groups excluding tert-OH is 3. The van der Waals surface area contributed by atoms with Gasteiger partial charge in [-0.1, -0.05) is 42.0 Å². The summed E-state index contributed by atoms with van der Waals surface area (Å²) in [6, 6.07) is 14.0. The summed E-state index contributed by atoms with van der Waals surface area (Å²) in [4.78, 5) is 37.1. The normalized spacial score (nSPS) is 27.1. The van der Waals surface area contributed by atoms with E-state index >= 15 is 0 Å². The van der Waals surface area contributed by atoms with E-state index in [1.807, 2.05) is 31.2 Å². The van der Waals surface area contributed by atoms with Crippen molar-refractivity contribution in [2.45, 2.75) is 63.3 Å². The van der Waals surface area contributed by atoms with Gasteiger partial charge in [0.25, 0.3) is 0 Å². The van der Waals surface area contributed by atoms with Crippen LogP contribution in [0.3, 0.4) is 0 Å². The number of hydrogen-bond donors (Lipinski definition) is 4. The average molecular weight is 485 g/mol. The van der Waals surface area contributed by atoms with Gasteiger partial charge in [0.15, 0.2) is 17.7 Å². The molecule has 5 atom stereocenters. The van der Waals surface area contributed by atoms with Gasteiger partial charge in [0, 0.05) is 12.8 Å². The Kier molecular flexibility index (Phi) is 7.05. The number of ketones is 2. The molecule has 5 unspecified atom stereocenters. The summed E-state index contributed by atoms with van der Waals surface area (Å²) in [5, 5.41) is 38.9. The molecule has 0 aromatic heterocycles. The van der Waals surface area contributed by atoms with Crippen molar-refractivity contribution >= 4 is 17.5 Å². The highest BCUT2D eigenvalue weighted by atomic mass is 16.7. The smallest absolute Gasteiger partial charge is 0.335 e.